The normalized spacial score (nSPS) is 28.1. The van der Waals surface area contributed by atoms with Crippen molar-refractivity contribution < 1.29 is 4.79 Å². The molecule has 1 saturated heterocycles. The van der Waals surface area contributed by atoms with Gasteiger partial charge in [-0.05, 0) is 24.7 Å². The third-order valence-electron chi connectivity index (χ3n) is 4.76. The lowest BCUT2D eigenvalue weighted by Gasteiger charge is -2.33. The second-order valence-corrected chi connectivity index (χ2v) is 6.32. The van der Waals surface area contributed by atoms with Crippen molar-refractivity contribution in [2.75, 3.05) is 13.1 Å². The van der Waals surface area contributed by atoms with Gasteiger partial charge in [-0.2, -0.15) is 0 Å². The maximum absolute atomic E-state index is 12.3. The van der Waals surface area contributed by atoms with Crippen LogP contribution in [0.3, 0.4) is 0 Å². The highest BCUT2D eigenvalue weighted by Gasteiger charge is 2.26. The van der Waals surface area contributed by atoms with E-state index in [0.29, 0.717) is 11.8 Å². The van der Waals surface area contributed by atoms with E-state index in [-0.39, 0.29) is 6.04 Å². The Labute approximate surface area is 111 Å². The summed E-state index contributed by atoms with van der Waals surface area (Å²) in [5.74, 6) is 1.67. The van der Waals surface area contributed by atoms with Crippen LogP contribution >= 0.6 is 0 Å². The van der Waals surface area contributed by atoms with E-state index in [1.165, 1.54) is 32.1 Å². The van der Waals surface area contributed by atoms with Gasteiger partial charge in [-0.3, -0.25) is 4.79 Å². The zero-order valence-corrected chi connectivity index (χ0v) is 11.7. The molecule has 0 bridgehead atoms. The molecule has 0 spiro atoms. The fourth-order valence-corrected chi connectivity index (χ4v) is 3.51. The SMILES string of the molecule is CC(CC(=O)N1CCCC(N)C1)C1CCCCC1. The van der Waals surface area contributed by atoms with Crippen LogP contribution in [0.25, 0.3) is 0 Å². The predicted molar refractivity (Wildman–Crippen MR) is 74.1 cm³/mol. The molecule has 0 radical (unpaired) electrons. The lowest BCUT2D eigenvalue weighted by atomic mass is 9.79. The summed E-state index contributed by atoms with van der Waals surface area (Å²) in [4.78, 5) is 14.3. The second kappa shape index (κ2) is 6.55. The van der Waals surface area contributed by atoms with E-state index in [0.717, 1.165) is 38.3 Å². The fourth-order valence-electron chi connectivity index (χ4n) is 3.51. The summed E-state index contributed by atoms with van der Waals surface area (Å²) < 4.78 is 0. The molecular formula is C15H28N2O. The number of carbonyl (C=O) groups is 1. The highest BCUT2D eigenvalue weighted by atomic mass is 16.2. The average molecular weight is 252 g/mol. The molecule has 1 aliphatic heterocycles. The molecule has 2 atom stereocenters. The number of likely N-dealkylation sites (tertiary alicyclic amines) is 1. The molecule has 104 valence electrons. The lowest BCUT2D eigenvalue weighted by Crippen LogP contribution is -2.46. The van der Waals surface area contributed by atoms with Gasteiger partial charge in [0.2, 0.25) is 5.91 Å². The van der Waals surface area contributed by atoms with Gasteiger partial charge in [0.05, 0.1) is 0 Å². The van der Waals surface area contributed by atoms with Crippen molar-refractivity contribution in [1.82, 2.24) is 4.90 Å². The van der Waals surface area contributed by atoms with Gasteiger partial charge in [-0.1, -0.05) is 39.0 Å². The third kappa shape index (κ3) is 3.71. The molecule has 2 aliphatic rings. The Balaban J connectivity index is 1.78. The number of piperidine rings is 1. The summed E-state index contributed by atoms with van der Waals surface area (Å²) in [5.41, 5.74) is 5.94. The maximum Gasteiger partial charge on any atom is 0.222 e. The van der Waals surface area contributed by atoms with E-state index < -0.39 is 0 Å². The van der Waals surface area contributed by atoms with Gasteiger partial charge in [-0.25, -0.2) is 0 Å². The molecule has 1 heterocycles. The molecule has 2 fully saturated rings. The van der Waals surface area contributed by atoms with Crippen molar-refractivity contribution in [2.45, 2.75) is 64.3 Å². The van der Waals surface area contributed by atoms with Crippen LogP contribution in [0.2, 0.25) is 0 Å². The summed E-state index contributed by atoms with van der Waals surface area (Å²) in [7, 11) is 0. The molecule has 3 heteroatoms. The Hall–Kier alpha value is -0.570. The lowest BCUT2D eigenvalue weighted by molar-refractivity contribution is -0.133. The van der Waals surface area contributed by atoms with Crippen molar-refractivity contribution in [3.05, 3.63) is 0 Å². The molecule has 2 unspecified atom stereocenters. The number of hydrogen-bond acceptors (Lipinski definition) is 2. The first-order valence-corrected chi connectivity index (χ1v) is 7.70. The Morgan fingerprint density at radius 3 is 2.61 bits per heavy atom. The molecule has 3 nitrogen and oxygen atoms in total. The number of nitrogens with zero attached hydrogens (tertiary/aromatic N) is 1. The van der Waals surface area contributed by atoms with Crippen LogP contribution in [-0.4, -0.2) is 29.9 Å². The molecule has 18 heavy (non-hydrogen) atoms. The topological polar surface area (TPSA) is 46.3 Å². The average Bonchev–Trinajstić information content (AvgIpc) is 2.39. The van der Waals surface area contributed by atoms with Gasteiger partial charge < -0.3 is 10.6 Å². The van der Waals surface area contributed by atoms with Gasteiger partial charge in [0.25, 0.3) is 0 Å². The Morgan fingerprint density at radius 1 is 1.22 bits per heavy atom. The van der Waals surface area contributed by atoms with E-state index in [4.69, 9.17) is 5.73 Å². The van der Waals surface area contributed by atoms with Crippen molar-refractivity contribution in [2.24, 2.45) is 17.6 Å². The summed E-state index contributed by atoms with van der Waals surface area (Å²) in [6, 6.07) is 0.202. The van der Waals surface area contributed by atoms with E-state index in [1.807, 2.05) is 4.90 Å². The van der Waals surface area contributed by atoms with Crippen LogP contribution in [0.15, 0.2) is 0 Å². The van der Waals surface area contributed by atoms with Gasteiger partial charge >= 0.3 is 0 Å². The number of hydrogen-bond donors (Lipinski definition) is 1. The predicted octanol–water partition coefficient (Wildman–Crippen LogP) is 2.54. The molecule has 0 aromatic carbocycles. The highest BCUT2D eigenvalue weighted by Crippen LogP contribution is 2.31. The molecule has 0 aromatic rings. The Bertz CT molecular complexity index is 274. The van der Waals surface area contributed by atoms with Crippen LogP contribution in [0.4, 0.5) is 0 Å². The zero-order valence-electron chi connectivity index (χ0n) is 11.7. The van der Waals surface area contributed by atoms with Crippen molar-refractivity contribution in [3.63, 3.8) is 0 Å². The molecular weight excluding hydrogens is 224 g/mol. The van der Waals surface area contributed by atoms with Gasteiger partial charge in [-0.15, -0.1) is 0 Å². The van der Waals surface area contributed by atoms with Crippen molar-refractivity contribution >= 4 is 5.91 Å². The van der Waals surface area contributed by atoms with E-state index in [1.54, 1.807) is 0 Å². The number of nitrogens with two attached hydrogens (primary N) is 1. The summed E-state index contributed by atoms with van der Waals surface area (Å²) in [6.07, 6.45) is 9.64. The summed E-state index contributed by atoms with van der Waals surface area (Å²) in [6.45, 7) is 3.96. The number of rotatable bonds is 3. The maximum atomic E-state index is 12.3. The van der Waals surface area contributed by atoms with E-state index in [9.17, 15) is 4.79 Å². The quantitative estimate of drug-likeness (QED) is 0.839. The van der Waals surface area contributed by atoms with Crippen LogP contribution in [0.5, 0.6) is 0 Å². The summed E-state index contributed by atoms with van der Waals surface area (Å²) >= 11 is 0. The third-order valence-corrected chi connectivity index (χ3v) is 4.76. The van der Waals surface area contributed by atoms with Crippen molar-refractivity contribution in [1.29, 1.82) is 0 Å². The minimum absolute atomic E-state index is 0.202. The zero-order chi connectivity index (χ0) is 13.0. The number of amides is 1. The monoisotopic (exact) mass is 252 g/mol. The molecule has 1 aliphatic carbocycles. The molecule has 1 saturated carbocycles. The van der Waals surface area contributed by atoms with Crippen LogP contribution in [0, 0.1) is 11.8 Å². The number of carbonyl (C=O) groups excluding carboxylic acids is 1. The highest BCUT2D eigenvalue weighted by molar-refractivity contribution is 5.76. The molecule has 1 amide bonds. The second-order valence-electron chi connectivity index (χ2n) is 6.32. The van der Waals surface area contributed by atoms with Gasteiger partial charge in [0.1, 0.15) is 0 Å². The Kier molecular flexibility index (Phi) is 5.04. The van der Waals surface area contributed by atoms with E-state index in [2.05, 4.69) is 6.92 Å². The van der Waals surface area contributed by atoms with Crippen LogP contribution in [-0.2, 0) is 4.79 Å². The minimum atomic E-state index is 0.202. The van der Waals surface area contributed by atoms with Gasteiger partial charge in [0.15, 0.2) is 0 Å². The van der Waals surface area contributed by atoms with E-state index >= 15 is 0 Å². The minimum Gasteiger partial charge on any atom is -0.341 e. The molecule has 2 rings (SSSR count). The largest absolute Gasteiger partial charge is 0.341 e. The first-order valence-electron chi connectivity index (χ1n) is 7.70. The van der Waals surface area contributed by atoms with Crippen LogP contribution < -0.4 is 5.73 Å². The first kappa shape index (κ1) is 13.9. The summed E-state index contributed by atoms with van der Waals surface area (Å²) in [5, 5.41) is 0. The fraction of sp³-hybridized carbons (Fsp3) is 0.933. The van der Waals surface area contributed by atoms with Gasteiger partial charge in [0, 0.05) is 25.6 Å². The molecule has 2 N–H and O–H groups in total. The Morgan fingerprint density at radius 2 is 1.94 bits per heavy atom. The van der Waals surface area contributed by atoms with Crippen molar-refractivity contribution in [3.8, 4) is 0 Å². The smallest absolute Gasteiger partial charge is 0.222 e. The van der Waals surface area contributed by atoms with Crippen LogP contribution in [0.1, 0.15) is 58.3 Å². The standard InChI is InChI=1S/C15H28N2O/c1-12(13-6-3-2-4-7-13)10-15(18)17-9-5-8-14(16)11-17/h12-14H,2-11,16H2,1H3. The molecule has 0 aromatic heterocycles. The first-order chi connectivity index (χ1) is 8.66.